The molecule has 1 amide bonds. The minimum Gasteiger partial charge on any atom is -0.506 e. The van der Waals surface area contributed by atoms with Crippen LogP contribution in [0.4, 0.5) is 5.69 Å². The molecule has 0 bridgehead atoms. The van der Waals surface area contributed by atoms with Gasteiger partial charge in [-0.15, -0.1) is 0 Å². The first-order valence-corrected chi connectivity index (χ1v) is 7.37. The molecule has 0 saturated carbocycles. The average molecular weight is 311 g/mol. The Morgan fingerprint density at radius 1 is 1.04 bits per heavy atom. The van der Waals surface area contributed by atoms with Crippen LogP contribution in [0.1, 0.15) is 6.92 Å². The quantitative estimate of drug-likeness (QED) is 0.725. The van der Waals surface area contributed by atoms with E-state index in [0.29, 0.717) is 17.7 Å². The molecular formula is C17H17N3O3. The number of fused-ring (bicyclic) bond motifs is 1. The van der Waals surface area contributed by atoms with Crippen molar-refractivity contribution >= 4 is 22.6 Å². The number of anilines is 1. The second-order valence-corrected chi connectivity index (χ2v) is 5.17. The van der Waals surface area contributed by atoms with E-state index in [1.807, 2.05) is 31.2 Å². The molecule has 2 aromatic carbocycles. The fourth-order valence-electron chi connectivity index (χ4n) is 2.64. The van der Waals surface area contributed by atoms with E-state index in [0.717, 1.165) is 5.52 Å². The lowest BCUT2D eigenvalue weighted by molar-refractivity contribution is -0.116. The predicted molar refractivity (Wildman–Crippen MR) is 88.6 cm³/mol. The van der Waals surface area contributed by atoms with Crippen LogP contribution in [-0.4, -0.2) is 20.1 Å². The van der Waals surface area contributed by atoms with E-state index in [-0.39, 0.29) is 23.9 Å². The molecule has 0 atom stereocenters. The van der Waals surface area contributed by atoms with E-state index in [9.17, 15) is 14.7 Å². The third kappa shape index (κ3) is 2.70. The number of nitrogens with zero attached hydrogens (tertiary/aromatic N) is 2. The highest BCUT2D eigenvalue weighted by Gasteiger charge is 2.15. The highest BCUT2D eigenvalue weighted by Crippen LogP contribution is 2.21. The summed E-state index contributed by atoms with van der Waals surface area (Å²) < 4.78 is 3.07. The van der Waals surface area contributed by atoms with Gasteiger partial charge in [-0.2, -0.15) is 0 Å². The third-order valence-corrected chi connectivity index (χ3v) is 3.72. The van der Waals surface area contributed by atoms with Crippen molar-refractivity contribution in [1.82, 2.24) is 9.13 Å². The first kappa shape index (κ1) is 14.9. The van der Waals surface area contributed by atoms with Crippen molar-refractivity contribution in [2.75, 3.05) is 5.32 Å². The fourth-order valence-corrected chi connectivity index (χ4v) is 2.64. The Bertz CT molecular complexity index is 924. The summed E-state index contributed by atoms with van der Waals surface area (Å²) in [4.78, 5) is 24.7. The van der Waals surface area contributed by atoms with Crippen LogP contribution in [0, 0.1) is 0 Å². The summed E-state index contributed by atoms with van der Waals surface area (Å²) in [6.45, 7) is 2.31. The standard InChI is InChI=1S/C17H17N3O3/c1-2-19-13-8-4-5-9-14(13)20(17(19)23)11-16(22)18-12-7-3-6-10-15(12)21/h3-10,21H,2,11H2,1H3,(H,18,22). The van der Waals surface area contributed by atoms with Crippen molar-refractivity contribution in [3.63, 3.8) is 0 Å². The van der Waals surface area contributed by atoms with Gasteiger partial charge >= 0.3 is 5.69 Å². The van der Waals surface area contributed by atoms with Gasteiger partial charge in [0.2, 0.25) is 5.91 Å². The molecule has 118 valence electrons. The van der Waals surface area contributed by atoms with Gasteiger partial charge in [-0.25, -0.2) is 4.79 Å². The number of phenolic OH excluding ortho intramolecular Hbond substituents is 1. The summed E-state index contributed by atoms with van der Waals surface area (Å²) in [6.07, 6.45) is 0. The lowest BCUT2D eigenvalue weighted by atomic mass is 10.3. The molecular weight excluding hydrogens is 294 g/mol. The zero-order valence-corrected chi connectivity index (χ0v) is 12.7. The van der Waals surface area contributed by atoms with Crippen LogP contribution in [0.25, 0.3) is 11.0 Å². The van der Waals surface area contributed by atoms with E-state index in [4.69, 9.17) is 0 Å². The lowest BCUT2D eigenvalue weighted by Gasteiger charge is -2.07. The molecule has 3 aromatic rings. The van der Waals surface area contributed by atoms with Crippen LogP contribution in [0.3, 0.4) is 0 Å². The van der Waals surface area contributed by atoms with Gasteiger partial charge in [-0.05, 0) is 31.2 Å². The Morgan fingerprint density at radius 2 is 1.65 bits per heavy atom. The summed E-state index contributed by atoms with van der Waals surface area (Å²) in [7, 11) is 0. The van der Waals surface area contributed by atoms with Crippen LogP contribution in [0.2, 0.25) is 0 Å². The molecule has 0 saturated heterocycles. The number of rotatable bonds is 4. The Balaban J connectivity index is 1.93. The van der Waals surface area contributed by atoms with Gasteiger partial charge < -0.3 is 10.4 Å². The average Bonchev–Trinajstić information content (AvgIpc) is 2.81. The number of nitrogens with one attached hydrogen (secondary N) is 1. The molecule has 6 heteroatoms. The normalized spacial score (nSPS) is 10.8. The Kier molecular flexibility index (Phi) is 3.89. The predicted octanol–water partition coefficient (Wildman–Crippen LogP) is 2.17. The molecule has 0 fully saturated rings. The van der Waals surface area contributed by atoms with E-state index < -0.39 is 0 Å². The van der Waals surface area contributed by atoms with E-state index in [1.165, 1.54) is 10.6 Å². The molecule has 1 heterocycles. The monoisotopic (exact) mass is 311 g/mol. The van der Waals surface area contributed by atoms with Crippen molar-refractivity contribution < 1.29 is 9.90 Å². The number of carbonyl (C=O) groups excluding carboxylic acids is 1. The minimum absolute atomic E-state index is 0.0100. The molecule has 6 nitrogen and oxygen atoms in total. The number of phenols is 1. The maximum atomic E-state index is 12.5. The maximum absolute atomic E-state index is 12.5. The molecule has 1 aromatic heterocycles. The topological polar surface area (TPSA) is 76.3 Å². The molecule has 0 aliphatic rings. The molecule has 0 unspecified atom stereocenters. The highest BCUT2D eigenvalue weighted by atomic mass is 16.3. The molecule has 3 rings (SSSR count). The van der Waals surface area contributed by atoms with Gasteiger partial charge in [0.05, 0.1) is 16.7 Å². The summed E-state index contributed by atoms with van der Waals surface area (Å²) >= 11 is 0. The number of para-hydroxylation sites is 4. The molecule has 23 heavy (non-hydrogen) atoms. The van der Waals surface area contributed by atoms with Gasteiger partial charge in [0.25, 0.3) is 0 Å². The Morgan fingerprint density at radius 3 is 2.30 bits per heavy atom. The van der Waals surface area contributed by atoms with Crippen molar-refractivity contribution in [2.45, 2.75) is 20.0 Å². The second-order valence-electron chi connectivity index (χ2n) is 5.17. The van der Waals surface area contributed by atoms with Gasteiger partial charge in [-0.1, -0.05) is 24.3 Å². The number of aryl methyl sites for hydroxylation is 1. The van der Waals surface area contributed by atoms with Crippen LogP contribution in [-0.2, 0) is 17.9 Å². The summed E-state index contributed by atoms with van der Waals surface area (Å²) in [6, 6.07) is 13.8. The summed E-state index contributed by atoms with van der Waals surface area (Å²) in [5.74, 6) is -0.378. The summed E-state index contributed by atoms with van der Waals surface area (Å²) in [5.41, 5.74) is 1.62. The van der Waals surface area contributed by atoms with Crippen LogP contribution in [0.5, 0.6) is 5.75 Å². The molecule has 0 radical (unpaired) electrons. The second kappa shape index (κ2) is 6.00. The fraction of sp³-hybridized carbons (Fsp3) is 0.176. The number of amides is 1. The van der Waals surface area contributed by atoms with Gasteiger partial charge in [0.15, 0.2) is 0 Å². The minimum atomic E-state index is -0.368. The van der Waals surface area contributed by atoms with Crippen LogP contribution in [0.15, 0.2) is 53.3 Å². The zero-order valence-electron chi connectivity index (χ0n) is 12.7. The van der Waals surface area contributed by atoms with E-state index in [2.05, 4.69) is 5.32 Å². The Hall–Kier alpha value is -3.02. The largest absolute Gasteiger partial charge is 0.506 e. The number of hydrogen-bond acceptors (Lipinski definition) is 3. The zero-order chi connectivity index (χ0) is 16.4. The maximum Gasteiger partial charge on any atom is 0.329 e. The van der Waals surface area contributed by atoms with Crippen molar-refractivity contribution in [3.8, 4) is 5.75 Å². The van der Waals surface area contributed by atoms with Crippen molar-refractivity contribution in [3.05, 3.63) is 59.0 Å². The first-order valence-electron chi connectivity index (χ1n) is 7.37. The van der Waals surface area contributed by atoms with Gasteiger partial charge in [-0.3, -0.25) is 13.9 Å². The van der Waals surface area contributed by atoms with Crippen molar-refractivity contribution in [1.29, 1.82) is 0 Å². The number of aromatic hydroxyl groups is 1. The van der Waals surface area contributed by atoms with Gasteiger partial charge in [0.1, 0.15) is 12.3 Å². The number of hydrogen-bond donors (Lipinski definition) is 2. The number of benzene rings is 2. The summed E-state index contributed by atoms with van der Waals surface area (Å²) in [5, 5.41) is 12.3. The molecule has 0 aliphatic carbocycles. The third-order valence-electron chi connectivity index (χ3n) is 3.72. The highest BCUT2D eigenvalue weighted by molar-refractivity contribution is 5.93. The number of imidazole rings is 1. The van der Waals surface area contributed by atoms with E-state index in [1.54, 1.807) is 22.8 Å². The molecule has 2 N–H and O–H groups in total. The SMILES string of the molecule is CCn1c(=O)n(CC(=O)Nc2ccccc2O)c2ccccc21. The lowest BCUT2D eigenvalue weighted by Crippen LogP contribution is -2.29. The number of carbonyl (C=O) groups is 1. The van der Waals surface area contributed by atoms with Crippen molar-refractivity contribution in [2.24, 2.45) is 0 Å². The first-order chi connectivity index (χ1) is 11.1. The Labute approximate surface area is 132 Å². The van der Waals surface area contributed by atoms with Crippen LogP contribution >= 0.6 is 0 Å². The number of aromatic nitrogens is 2. The van der Waals surface area contributed by atoms with Gasteiger partial charge in [0, 0.05) is 6.54 Å². The van der Waals surface area contributed by atoms with E-state index >= 15 is 0 Å². The molecule has 0 spiro atoms. The molecule has 0 aliphatic heterocycles. The smallest absolute Gasteiger partial charge is 0.329 e. The van der Waals surface area contributed by atoms with Crippen LogP contribution < -0.4 is 11.0 Å².